The molecule has 2 aliphatic carbocycles. The molecule has 0 radical (unpaired) electrons. The van der Waals surface area contributed by atoms with Gasteiger partial charge in [-0.15, -0.1) is 0 Å². The molecule has 2 fully saturated rings. The molecule has 0 N–H and O–H groups in total. The van der Waals surface area contributed by atoms with E-state index in [0.29, 0.717) is 0 Å². The Kier molecular flexibility index (Phi) is 6.06. The Balaban J connectivity index is 1.95. The molecule has 0 heterocycles. The Morgan fingerprint density at radius 3 is 1.37 bits per heavy atom. The average Bonchev–Trinajstić information content (AvgIpc) is 2.50. The van der Waals surface area contributed by atoms with Crippen molar-refractivity contribution in [2.75, 3.05) is 14.1 Å². The van der Waals surface area contributed by atoms with E-state index in [-0.39, 0.29) is 0 Å². The summed E-state index contributed by atoms with van der Waals surface area (Å²) in [7, 11) is 3.97. The molecule has 0 atom stereocenters. The number of nitrogens with zero attached hydrogens (tertiary/aromatic N) is 2. The van der Waals surface area contributed by atoms with E-state index in [9.17, 15) is 0 Å². The second-order valence-electron chi connectivity index (χ2n) is 6.28. The zero-order chi connectivity index (χ0) is 13.5. The summed E-state index contributed by atoms with van der Waals surface area (Å²) in [5.41, 5.74) is 2.87. The molecule has 0 bridgehead atoms. The van der Waals surface area contributed by atoms with Gasteiger partial charge in [0.15, 0.2) is 0 Å². The van der Waals surface area contributed by atoms with Gasteiger partial charge in [-0.25, -0.2) is 0 Å². The van der Waals surface area contributed by atoms with Crippen LogP contribution in [0.15, 0.2) is 9.98 Å². The van der Waals surface area contributed by atoms with Gasteiger partial charge in [0.1, 0.15) is 0 Å². The van der Waals surface area contributed by atoms with Crippen molar-refractivity contribution in [3.63, 3.8) is 0 Å². The van der Waals surface area contributed by atoms with Crippen LogP contribution in [0.1, 0.15) is 70.6 Å². The van der Waals surface area contributed by atoms with Crippen LogP contribution in [0.25, 0.3) is 0 Å². The smallest absolute Gasteiger partial charge is 0.0276 e. The van der Waals surface area contributed by atoms with Gasteiger partial charge in [-0.1, -0.05) is 38.5 Å². The van der Waals surface area contributed by atoms with Crippen LogP contribution < -0.4 is 0 Å². The largest absolute Gasteiger partial charge is 0.297 e. The lowest BCUT2D eigenvalue weighted by molar-refractivity contribution is 0.429. The highest BCUT2D eigenvalue weighted by atomic mass is 14.7. The van der Waals surface area contributed by atoms with Crippen LogP contribution >= 0.6 is 0 Å². The Bertz CT molecular complexity index is 286. The quantitative estimate of drug-likeness (QED) is 0.657. The summed E-state index contributed by atoms with van der Waals surface area (Å²) in [5, 5.41) is 0. The van der Waals surface area contributed by atoms with Crippen molar-refractivity contribution in [2.45, 2.75) is 70.6 Å². The van der Waals surface area contributed by atoms with Crippen molar-refractivity contribution in [3.05, 3.63) is 0 Å². The summed E-state index contributed by atoms with van der Waals surface area (Å²) in [6.07, 6.45) is 14.9. The molecule has 108 valence electrons. The minimum Gasteiger partial charge on any atom is -0.297 e. The van der Waals surface area contributed by atoms with Crippen molar-refractivity contribution >= 4 is 11.4 Å². The summed E-state index contributed by atoms with van der Waals surface area (Å²) < 4.78 is 0. The molecule has 0 amide bonds. The van der Waals surface area contributed by atoms with Crippen LogP contribution in [0.5, 0.6) is 0 Å². The van der Waals surface area contributed by atoms with Crippen LogP contribution in [0.4, 0.5) is 0 Å². The van der Waals surface area contributed by atoms with Gasteiger partial charge in [-0.3, -0.25) is 9.98 Å². The Morgan fingerprint density at radius 1 is 0.684 bits per heavy atom. The zero-order valence-electron chi connectivity index (χ0n) is 12.8. The molecular weight excluding hydrogens is 232 g/mol. The molecule has 0 aliphatic heterocycles. The lowest BCUT2D eigenvalue weighted by atomic mass is 9.79. The number of hydrogen-bond acceptors (Lipinski definition) is 2. The summed E-state index contributed by atoms with van der Waals surface area (Å²) in [6.45, 7) is 0. The fourth-order valence-electron chi connectivity index (χ4n) is 3.87. The maximum absolute atomic E-state index is 4.63. The molecule has 0 aromatic rings. The van der Waals surface area contributed by atoms with Gasteiger partial charge in [0, 0.05) is 31.9 Å². The highest BCUT2D eigenvalue weighted by Crippen LogP contribution is 2.30. The van der Waals surface area contributed by atoms with Gasteiger partial charge in [0.25, 0.3) is 0 Å². The number of hydrogen-bond donors (Lipinski definition) is 0. The van der Waals surface area contributed by atoms with Crippen LogP contribution in [-0.2, 0) is 0 Å². The van der Waals surface area contributed by atoms with E-state index < -0.39 is 0 Å². The lowest BCUT2D eigenvalue weighted by Gasteiger charge is -2.27. The monoisotopic (exact) mass is 262 g/mol. The van der Waals surface area contributed by atoms with Gasteiger partial charge < -0.3 is 0 Å². The zero-order valence-corrected chi connectivity index (χ0v) is 12.8. The third-order valence-corrected chi connectivity index (χ3v) is 5.09. The molecule has 0 unspecified atom stereocenters. The molecular formula is C17H30N2. The molecule has 0 spiro atoms. The topological polar surface area (TPSA) is 24.7 Å². The van der Waals surface area contributed by atoms with Crippen molar-refractivity contribution in [1.82, 2.24) is 0 Å². The normalized spacial score (nSPS) is 24.7. The van der Waals surface area contributed by atoms with E-state index in [1.165, 1.54) is 75.6 Å². The van der Waals surface area contributed by atoms with E-state index >= 15 is 0 Å². The SMILES string of the molecule is CN=C(CC(=NC)C1CCCCC1)C1CCCCC1. The summed E-state index contributed by atoms with van der Waals surface area (Å²) in [6, 6.07) is 0. The van der Waals surface area contributed by atoms with Crippen LogP contribution in [0.3, 0.4) is 0 Å². The maximum atomic E-state index is 4.63. The summed E-state index contributed by atoms with van der Waals surface area (Å²) in [5.74, 6) is 1.50. The fraction of sp³-hybridized carbons (Fsp3) is 0.882. The predicted molar refractivity (Wildman–Crippen MR) is 84.5 cm³/mol. The Hall–Kier alpha value is -0.660. The van der Waals surface area contributed by atoms with Gasteiger partial charge >= 0.3 is 0 Å². The first-order valence-electron chi connectivity index (χ1n) is 8.26. The second kappa shape index (κ2) is 7.81. The molecule has 2 aliphatic rings. The molecule has 2 nitrogen and oxygen atoms in total. The van der Waals surface area contributed by atoms with E-state index in [0.717, 1.165) is 18.3 Å². The van der Waals surface area contributed by atoms with Crippen LogP contribution in [0.2, 0.25) is 0 Å². The van der Waals surface area contributed by atoms with Gasteiger partial charge in [0.05, 0.1) is 0 Å². The third-order valence-electron chi connectivity index (χ3n) is 5.09. The van der Waals surface area contributed by atoms with Crippen LogP contribution in [0, 0.1) is 11.8 Å². The minimum atomic E-state index is 0.749. The van der Waals surface area contributed by atoms with E-state index in [4.69, 9.17) is 0 Å². The molecule has 19 heavy (non-hydrogen) atoms. The molecule has 2 saturated carbocycles. The Morgan fingerprint density at radius 2 is 1.05 bits per heavy atom. The first-order chi connectivity index (χ1) is 9.35. The van der Waals surface area contributed by atoms with E-state index in [1.54, 1.807) is 0 Å². The lowest BCUT2D eigenvalue weighted by Crippen LogP contribution is -2.26. The molecule has 2 rings (SSSR count). The van der Waals surface area contributed by atoms with Crippen LogP contribution in [-0.4, -0.2) is 25.5 Å². The molecule has 2 heteroatoms. The van der Waals surface area contributed by atoms with Gasteiger partial charge in [-0.05, 0) is 37.5 Å². The first-order valence-corrected chi connectivity index (χ1v) is 8.26. The highest BCUT2D eigenvalue weighted by Gasteiger charge is 2.24. The van der Waals surface area contributed by atoms with Crippen molar-refractivity contribution in [3.8, 4) is 0 Å². The summed E-state index contributed by atoms with van der Waals surface area (Å²) in [4.78, 5) is 9.26. The van der Waals surface area contributed by atoms with E-state index in [2.05, 4.69) is 9.98 Å². The fourth-order valence-corrected chi connectivity index (χ4v) is 3.87. The first kappa shape index (κ1) is 14.7. The predicted octanol–water partition coefficient (Wildman–Crippen LogP) is 4.68. The van der Waals surface area contributed by atoms with Crippen molar-refractivity contribution < 1.29 is 0 Å². The molecule has 0 aromatic carbocycles. The second-order valence-corrected chi connectivity index (χ2v) is 6.28. The standard InChI is InChI=1S/C17H30N2/c1-18-16(14-9-5-3-6-10-14)13-17(19-2)15-11-7-4-8-12-15/h14-15H,3-13H2,1-2H3. The van der Waals surface area contributed by atoms with E-state index in [1.807, 2.05) is 14.1 Å². The van der Waals surface area contributed by atoms with Gasteiger partial charge in [0.2, 0.25) is 0 Å². The third kappa shape index (κ3) is 4.15. The molecule has 0 saturated heterocycles. The molecule has 0 aromatic heterocycles. The maximum Gasteiger partial charge on any atom is 0.0276 e. The number of aliphatic imine (C=N–C) groups is 2. The highest BCUT2D eigenvalue weighted by molar-refractivity contribution is 6.06. The summed E-state index contributed by atoms with van der Waals surface area (Å²) >= 11 is 0. The van der Waals surface area contributed by atoms with Gasteiger partial charge in [-0.2, -0.15) is 0 Å². The minimum absolute atomic E-state index is 0.749. The number of rotatable bonds is 4. The van der Waals surface area contributed by atoms with Crippen molar-refractivity contribution in [1.29, 1.82) is 0 Å². The Labute approximate surface area is 118 Å². The average molecular weight is 262 g/mol. The van der Waals surface area contributed by atoms with Crippen molar-refractivity contribution in [2.24, 2.45) is 21.8 Å².